The third kappa shape index (κ3) is 2.81. The van der Waals surface area contributed by atoms with Crippen molar-refractivity contribution in [2.45, 2.75) is 50.7 Å². The smallest absolute Gasteiger partial charge is 0.223 e. The van der Waals surface area contributed by atoms with Gasteiger partial charge in [0.25, 0.3) is 0 Å². The maximum atomic E-state index is 12.7. The summed E-state index contributed by atoms with van der Waals surface area (Å²) in [6.45, 7) is 1.70. The lowest BCUT2D eigenvalue weighted by atomic mass is 10.1. The Bertz CT molecular complexity index is 733. The summed E-state index contributed by atoms with van der Waals surface area (Å²) in [6.07, 6.45) is 6.01. The van der Waals surface area contributed by atoms with Crippen molar-refractivity contribution >= 4 is 16.9 Å². The van der Waals surface area contributed by atoms with Gasteiger partial charge in [-0.05, 0) is 44.2 Å². The van der Waals surface area contributed by atoms with Crippen LogP contribution in [0.15, 0.2) is 24.3 Å². The van der Waals surface area contributed by atoms with Gasteiger partial charge in [-0.1, -0.05) is 12.1 Å². The first-order valence-corrected chi connectivity index (χ1v) is 9.06. The third-order valence-corrected chi connectivity index (χ3v) is 5.40. The lowest BCUT2D eigenvalue weighted by molar-refractivity contribution is -0.133. The number of imidazole rings is 1. The van der Waals surface area contributed by atoms with Crippen LogP contribution >= 0.6 is 0 Å². The zero-order valence-electron chi connectivity index (χ0n) is 14.3. The first-order valence-electron chi connectivity index (χ1n) is 9.06. The SMILES string of the molecule is Cn1c([C@@H]2CCCN2C(=O)CC[C@H]2CCCO2)nc2ccccc21. The molecule has 128 valence electrons. The van der Waals surface area contributed by atoms with E-state index in [2.05, 4.69) is 17.7 Å². The molecule has 0 aliphatic carbocycles. The van der Waals surface area contributed by atoms with Gasteiger partial charge in [0.2, 0.25) is 5.91 Å². The fourth-order valence-corrected chi connectivity index (χ4v) is 4.10. The summed E-state index contributed by atoms with van der Waals surface area (Å²) >= 11 is 0. The highest BCUT2D eigenvalue weighted by atomic mass is 16.5. The Morgan fingerprint density at radius 3 is 2.96 bits per heavy atom. The van der Waals surface area contributed by atoms with Crippen LogP contribution in [0.5, 0.6) is 0 Å². The van der Waals surface area contributed by atoms with E-state index in [9.17, 15) is 4.79 Å². The monoisotopic (exact) mass is 327 g/mol. The van der Waals surface area contributed by atoms with Crippen LogP contribution in [0.1, 0.15) is 50.4 Å². The number of hydrogen-bond acceptors (Lipinski definition) is 3. The molecular formula is C19H25N3O2. The summed E-state index contributed by atoms with van der Waals surface area (Å²) in [5.74, 6) is 1.26. The molecule has 3 heterocycles. The number of aromatic nitrogens is 2. The Hall–Kier alpha value is -1.88. The van der Waals surface area contributed by atoms with Gasteiger partial charge in [0, 0.05) is 26.6 Å². The van der Waals surface area contributed by atoms with E-state index in [1.165, 1.54) is 0 Å². The summed E-state index contributed by atoms with van der Waals surface area (Å²) in [6, 6.07) is 8.28. The Balaban J connectivity index is 1.51. The molecule has 0 radical (unpaired) electrons. The van der Waals surface area contributed by atoms with Gasteiger partial charge < -0.3 is 14.2 Å². The number of fused-ring (bicyclic) bond motifs is 1. The van der Waals surface area contributed by atoms with E-state index < -0.39 is 0 Å². The Morgan fingerprint density at radius 1 is 1.29 bits per heavy atom. The van der Waals surface area contributed by atoms with Gasteiger partial charge in [0.15, 0.2) is 0 Å². The zero-order chi connectivity index (χ0) is 16.5. The van der Waals surface area contributed by atoms with Crippen molar-refractivity contribution in [2.24, 2.45) is 7.05 Å². The van der Waals surface area contributed by atoms with Gasteiger partial charge in [-0.3, -0.25) is 4.79 Å². The van der Waals surface area contributed by atoms with Crippen molar-refractivity contribution in [3.8, 4) is 0 Å². The molecule has 0 N–H and O–H groups in total. The van der Waals surface area contributed by atoms with Gasteiger partial charge in [-0.15, -0.1) is 0 Å². The van der Waals surface area contributed by atoms with E-state index in [0.717, 1.165) is 62.1 Å². The molecule has 2 aromatic rings. The van der Waals surface area contributed by atoms with Crippen LogP contribution in [0.3, 0.4) is 0 Å². The van der Waals surface area contributed by atoms with E-state index >= 15 is 0 Å². The number of nitrogens with zero attached hydrogens (tertiary/aromatic N) is 3. The maximum Gasteiger partial charge on any atom is 0.223 e. The molecule has 1 aromatic heterocycles. The maximum absolute atomic E-state index is 12.7. The summed E-state index contributed by atoms with van der Waals surface area (Å²) in [4.78, 5) is 19.6. The van der Waals surface area contributed by atoms with Gasteiger partial charge in [0.1, 0.15) is 5.82 Å². The fraction of sp³-hybridized carbons (Fsp3) is 0.579. The number of benzene rings is 1. The lowest BCUT2D eigenvalue weighted by Crippen LogP contribution is -2.32. The molecule has 2 fully saturated rings. The van der Waals surface area contributed by atoms with Crippen LogP contribution in [0.4, 0.5) is 0 Å². The second-order valence-corrected chi connectivity index (χ2v) is 6.94. The Kier molecular flexibility index (Phi) is 4.27. The highest BCUT2D eigenvalue weighted by Gasteiger charge is 2.33. The molecule has 0 saturated carbocycles. The average Bonchev–Trinajstić information content (AvgIpc) is 3.33. The standard InChI is InChI=1S/C19H25N3O2/c1-21-16-8-3-2-7-15(16)20-19(21)17-9-4-12-22(17)18(23)11-10-14-6-5-13-24-14/h2-3,7-8,14,17H,4-6,9-13H2,1H3/t14-,17+/m1/s1. The molecule has 0 spiro atoms. The normalized spacial score (nSPS) is 24.1. The van der Waals surface area contributed by atoms with Gasteiger partial charge in [-0.2, -0.15) is 0 Å². The van der Waals surface area contributed by atoms with Crippen LogP contribution in [-0.2, 0) is 16.6 Å². The molecular weight excluding hydrogens is 302 g/mol. The summed E-state index contributed by atoms with van der Waals surface area (Å²) in [5.41, 5.74) is 2.14. The van der Waals surface area contributed by atoms with Crippen molar-refractivity contribution in [1.29, 1.82) is 0 Å². The summed E-state index contributed by atoms with van der Waals surface area (Å²) in [5, 5.41) is 0. The molecule has 0 bridgehead atoms. The largest absolute Gasteiger partial charge is 0.378 e. The summed E-state index contributed by atoms with van der Waals surface area (Å²) < 4.78 is 7.79. The number of likely N-dealkylation sites (tertiary alicyclic amines) is 1. The molecule has 2 saturated heterocycles. The number of aryl methyl sites for hydroxylation is 1. The predicted octanol–water partition coefficient (Wildman–Crippen LogP) is 3.20. The minimum Gasteiger partial charge on any atom is -0.378 e. The molecule has 1 amide bonds. The molecule has 2 aliphatic rings. The van der Waals surface area contributed by atoms with Crippen molar-refractivity contribution in [2.75, 3.05) is 13.2 Å². The van der Waals surface area contributed by atoms with E-state index in [1.54, 1.807) is 0 Å². The number of rotatable bonds is 4. The third-order valence-electron chi connectivity index (χ3n) is 5.40. The van der Waals surface area contributed by atoms with Crippen molar-refractivity contribution in [1.82, 2.24) is 14.5 Å². The Morgan fingerprint density at radius 2 is 2.17 bits per heavy atom. The van der Waals surface area contributed by atoms with Gasteiger partial charge in [-0.25, -0.2) is 4.98 Å². The fourth-order valence-electron chi connectivity index (χ4n) is 4.10. The second-order valence-electron chi connectivity index (χ2n) is 6.94. The van der Waals surface area contributed by atoms with E-state index in [-0.39, 0.29) is 18.1 Å². The van der Waals surface area contributed by atoms with E-state index in [4.69, 9.17) is 9.72 Å². The molecule has 24 heavy (non-hydrogen) atoms. The molecule has 5 nitrogen and oxygen atoms in total. The highest BCUT2D eigenvalue weighted by Crippen LogP contribution is 2.33. The lowest BCUT2D eigenvalue weighted by Gasteiger charge is -2.25. The van der Waals surface area contributed by atoms with Crippen LogP contribution in [0.25, 0.3) is 11.0 Å². The number of ether oxygens (including phenoxy) is 1. The number of hydrogen-bond donors (Lipinski definition) is 0. The van der Waals surface area contributed by atoms with Gasteiger partial charge >= 0.3 is 0 Å². The van der Waals surface area contributed by atoms with Crippen LogP contribution < -0.4 is 0 Å². The molecule has 2 aliphatic heterocycles. The first-order chi connectivity index (χ1) is 11.7. The summed E-state index contributed by atoms with van der Waals surface area (Å²) in [7, 11) is 2.05. The molecule has 0 unspecified atom stereocenters. The zero-order valence-corrected chi connectivity index (χ0v) is 14.3. The van der Waals surface area contributed by atoms with Gasteiger partial charge in [0.05, 0.1) is 23.2 Å². The number of para-hydroxylation sites is 2. The first kappa shape index (κ1) is 15.6. The van der Waals surface area contributed by atoms with Crippen LogP contribution in [0, 0.1) is 0 Å². The van der Waals surface area contributed by atoms with Crippen molar-refractivity contribution < 1.29 is 9.53 Å². The Labute approximate surface area is 142 Å². The molecule has 1 aromatic carbocycles. The van der Waals surface area contributed by atoms with Crippen molar-refractivity contribution in [3.05, 3.63) is 30.1 Å². The minimum atomic E-state index is 0.111. The quantitative estimate of drug-likeness (QED) is 0.866. The average molecular weight is 327 g/mol. The second kappa shape index (κ2) is 6.55. The topological polar surface area (TPSA) is 47.4 Å². The number of carbonyl (C=O) groups is 1. The number of amides is 1. The molecule has 4 rings (SSSR count). The highest BCUT2D eigenvalue weighted by molar-refractivity contribution is 5.78. The molecule has 5 heteroatoms. The van der Waals surface area contributed by atoms with Crippen LogP contribution in [-0.4, -0.2) is 39.6 Å². The molecule has 2 atom stereocenters. The number of carbonyl (C=O) groups excluding carboxylic acids is 1. The minimum absolute atomic E-state index is 0.111. The van der Waals surface area contributed by atoms with E-state index in [0.29, 0.717) is 6.42 Å². The van der Waals surface area contributed by atoms with Crippen molar-refractivity contribution in [3.63, 3.8) is 0 Å². The van der Waals surface area contributed by atoms with Crippen LogP contribution in [0.2, 0.25) is 0 Å². The predicted molar refractivity (Wildman–Crippen MR) is 92.6 cm³/mol. The van der Waals surface area contributed by atoms with E-state index in [1.807, 2.05) is 23.1 Å².